The van der Waals surface area contributed by atoms with Crippen molar-refractivity contribution in [3.05, 3.63) is 119 Å². The Morgan fingerprint density at radius 2 is 1.82 bits per heavy atom. The molecule has 0 bridgehead atoms. The molecule has 0 aliphatic carbocycles. The molecule has 236 valence electrons. The minimum absolute atomic E-state index is 0.169. The fourth-order valence-electron chi connectivity index (χ4n) is 5.64. The number of amides is 1. The van der Waals surface area contributed by atoms with Gasteiger partial charge in [-0.2, -0.15) is 4.31 Å². The van der Waals surface area contributed by atoms with E-state index in [1.165, 1.54) is 28.7 Å². The smallest absolute Gasteiger partial charge is 0.247 e. The van der Waals surface area contributed by atoms with Gasteiger partial charge < -0.3 is 16.0 Å². The molecule has 45 heavy (non-hydrogen) atoms. The summed E-state index contributed by atoms with van der Waals surface area (Å²) in [7, 11) is -3.80. The quantitative estimate of drug-likeness (QED) is 0.193. The molecular formula is C33H34ClF2N5O3S. The van der Waals surface area contributed by atoms with E-state index in [0.29, 0.717) is 30.2 Å². The van der Waals surface area contributed by atoms with Gasteiger partial charge in [-0.25, -0.2) is 17.2 Å². The molecule has 2 heterocycles. The Hall–Kier alpha value is -3.90. The van der Waals surface area contributed by atoms with Gasteiger partial charge in [0.25, 0.3) is 0 Å². The van der Waals surface area contributed by atoms with Gasteiger partial charge in [0.15, 0.2) is 0 Å². The number of aromatic nitrogens is 1. The number of hydrogen-bond acceptors (Lipinski definition) is 6. The van der Waals surface area contributed by atoms with Crippen LogP contribution in [0.15, 0.2) is 96.2 Å². The van der Waals surface area contributed by atoms with Crippen molar-refractivity contribution in [1.82, 2.24) is 14.6 Å². The van der Waals surface area contributed by atoms with E-state index in [-0.39, 0.29) is 35.0 Å². The van der Waals surface area contributed by atoms with E-state index in [2.05, 4.69) is 20.9 Å². The van der Waals surface area contributed by atoms with E-state index in [0.717, 1.165) is 11.8 Å². The van der Waals surface area contributed by atoms with Gasteiger partial charge in [-0.1, -0.05) is 48.0 Å². The second kappa shape index (κ2) is 14.5. The summed E-state index contributed by atoms with van der Waals surface area (Å²) in [6.07, 6.45) is 3.15. The number of halogens is 3. The van der Waals surface area contributed by atoms with Gasteiger partial charge >= 0.3 is 0 Å². The first-order chi connectivity index (χ1) is 21.6. The Morgan fingerprint density at radius 1 is 1.04 bits per heavy atom. The van der Waals surface area contributed by atoms with Crippen LogP contribution >= 0.6 is 11.6 Å². The molecule has 0 radical (unpaired) electrons. The molecule has 1 aliphatic heterocycles. The van der Waals surface area contributed by atoms with Gasteiger partial charge in [0.1, 0.15) is 17.7 Å². The van der Waals surface area contributed by atoms with Gasteiger partial charge in [0.2, 0.25) is 15.9 Å². The summed E-state index contributed by atoms with van der Waals surface area (Å²) < 4.78 is 58.0. The predicted octanol–water partition coefficient (Wildman–Crippen LogP) is 5.66. The third-order valence-electron chi connectivity index (χ3n) is 7.73. The number of benzene rings is 3. The van der Waals surface area contributed by atoms with Crippen LogP contribution in [0.2, 0.25) is 5.02 Å². The van der Waals surface area contributed by atoms with Gasteiger partial charge in [0.05, 0.1) is 23.0 Å². The van der Waals surface area contributed by atoms with Crippen LogP contribution in [0.25, 0.3) is 0 Å². The summed E-state index contributed by atoms with van der Waals surface area (Å²) in [5.41, 5.74) is 1.59. The third-order valence-corrected chi connectivity index (χ3v) is 10.0. The summed E-state index contributed by atoms with van der Waals surface area (Å²) in [5, 5.41) is 9.67. The van der Waals surface area contributed by atoms with Crippen molar-refractivity contribution in [2.45, 2.75) is 49.2 Å². The minimum atomic E-state index is -3.80. The number of piperazine rings is 1. The molecule has 0 unspecified atom stereocenters. The van der Waals surface area contributed by atoms with E-state index in [1.807, 2.05) is 13.0 Å². The minimum Gasteiger partial charge on any atom is -0.372 e. The highest BCUT2D eigenvalue weighted by Gasteiger charge is 2.37. The van der Waals surface area contributed by atoms with Crippen LogP contribution in [-0.2, 0) is 27.7 Å². The zero-order valence-corrected chi connectivity index (χ0v) is 26.2. The molecule has 3 aromatic carbocycles. The lowest BCUT2D eigenvalue weighted by Gasteiger charge is -2.40. The average molecular weight is 654 g/mol. The fourth-order valence-corrected chi connectivity index (χ4v) is 7.72. The second-order valence-corrected chi connectivity index (χ2v) is 13.3. The first kappa shape index (κ1) is 32.5. The van der Waals surface area contributed by atoms with E-state index >= 15 is 4.39 Å². The van der Waals surface area contributed by atoms with Gasteiger partial charge in [0, 0.05) is 53.9 Å². The fraction of sp³-hybridized carbons (Fsp3) is 0.273. The Labute approximate surface area is 266 Å². The summed E-state index contributed by atoms with van der Waals surface area (Å²) >= 11 is 6.17. The largest absolute Gasteiger partial charge is 0.372 e. The molecule has 3 atom stereocenters. The molecular weight excluding hydrogens is 620 g/mol. The predicted molar refractivity (Wildman–Crippen MR) is 172 cm³/mol. The maximum absolute atomic E-state index is 15.3. The number of sulfonamides is 1. The SMILES string of the molecule is C[C@H]1CNC[C@H](CCc2c(F)cccc2NC(=O)[C@H](Cc2cccc(Cl)c2)Nc2cncc(F)c2)N1S(=O)(=O)c1ccccc1. The maximum atomic E-state index is 15.3. The third kappa shape index (κ3) is 8.04. The van der Waals surface area contributed by atoms with E-state index < -0.39 is 39.6 Å². The number of carbonyl (C=O) groups excluding carboxylic acids is 1. The van der Waals surface area contributed by atoms with Gasteiger partial charge in [-0.05, 0) is 61.7 Å². The molecule has 1 saturated heterocycles. The number of carbonyl (C=O) groups is 1. The molecule has 1 fully saturated rings. The highest BCUT2D eigenvalue weighted by molar-refractivity contribution is 7.89. The summed E-state index contributed by atoms with van der Waals surface area (Å²) in [6.45, 7) is 2.74. The monoisotopic (exact) mass is 653 g/mol. The molecule has 5 rings (SSSR count). The van der Waals surface area contributed by atoms with Crippen LogP contribution < -0.4 is 16.0 Å². The van der Waals surface area contributed by atoms with Crippen LogP contribution in [0.3, 0.4) is 0 Å². The lowest BCUT2D eigenvalue weighted by Crippen LogP contribution is -2.58. The normalized spacial score (nSPS) is 17.9. The summed E-state index contributed by atoms with van der Waals surface area (Å²) in [4.78, 5) is 17.8. The molecule has 12 heteroatoms. The Bertz CT molecular complexity index is 1700. The number of pyridine rings is 1. The Morgan fingerprint density at radius 3 is 2.58 bits per heavy atom. The molecule has 0 saturated carbocycles. The van der Waals surface area contributed by atoms with Crippen LogP contribution in [0, 0.1) is 11.6 Å². The number of nitrogens with zero attached hydrogens (tertiary/aromatic N) is 2. The first-order valence-corrected chi connectivity index (χ1v) is 16.4. The summed E-state index contributed by atoms with van der Waals surface area (Å²) in [5.74, 6) is -1.56. The lowest BCUT2D eigenvalue weighted by atomic mass is 10.00. The maximum Gasteiger partial charge on any atom is 0.247 e. The Kier molecular flexibility index (Phi) is 10.4. The lowest BCUT2D eigenvalue weighted by molar-refractivity contribution is -0.116. The van der Waals surface area contributed by atoms with Crippen LogP contribution in [0.5, 0.6) is 0 Å². The summed E-state index contributed by atoms with van der Waals surface area (Å²) in [6, 6.07) is 19.3. The van der Waals surface area contributed by atoms with E-state index in [9.17, 15) is 17.6 Å². The molecule has 1 aromatic heterocycles. The van der Waals surface area contributed by atoms with Crippen molar-refractivity contribution in [2.75, 3.05) is 23.7 Å². The number of anilines is 2. The molecule has 8 nitrogen and oxygen atoms in total. The van der Waals surface area contributed by atoms with Crippen molar-refractivity contribution in [1.29, 1.82) is 0 Å². The van der Waals surface area contributed by atoms with Crippen LogP contribution in [0.4, 0.5) is 20.2 Å². The standard InChI is InChI=1S/C33H34ClF2N5O3S/c1-22-18-37-21-27(41(22)45(43,44)28-9-3-2-4-10-28)13-14-29-30(36)11-6-12-31(29)40-33(42)32(16-23-7-5-8-24(34)15-23)39-26-17-25(35)19-38-20-26/h2-12,15,17,19-20,22,27,32,37,39H,13-14,16,18,21H2,1H3,(H,40,42)/t22-,27-,32-/m0/s1. The molecule has 1 amide bonds. The first-order valence-electron chi connectivity index (χ1n) is 14.6. The zero-order chi connectivity index (χ0) is 32.0. The van der Waals surface area contributed by atoms with Crippen LogP contribution in [0.1, 0.15) is 24.5 Å². The molecule has 1 aliphatic rings. The molecule has 0 spiro atoms. The average Bonchev–Trinajstić information content (AvgIpc) is 3.01. The van der Waals surface area contributed by atoms with Gasteiger partial charge in [-0.3, -0.25) is 9.78 Å². The topological polar surface area (TPSA) is 103 Å². The van der Waals surface area contributed by atoms with Gasteiger partial charge in [-0.15, -0.1) is 0 Å². The second-order valence-electron chi connectivity index (χ2n) is 11.0. The van der Waals surface area contributed by atoms with Crippen molar-refractivity contribution in [3.63, 3.8) is 0 Å². The number of rotatable bonds is 11. The molecule has 3 N–H and O–H groups in total. The highest BCUT2D eigenvalue weighted by atomic mass is 35.5. The van der Waals surface area contributed by atoms with Crippen molar-refractivity contribution in [2.24, 2.45) is 0 Å². The number of hydrogen-bond donors (Lipinski definition) is 3. The van der Waals surface area contributed by atoms with Crippen molar-refractivity contribution >= 4 is 38.9 Å². The zero-order valence-electron chi connectivity index (χ0n) is 24.6. The van der Waals surface area contributed by atoms with E-state index in [1.54, 1.807) is 54.6 Å². The van der Waals surface area contributed by atoms with E-state index in [4.69, 9.17) is 11.6 Å². The number of nitrogens with one attached hydrogen (secondary N) is 3. The highest BCUT2D eigenvalue weighted by Crippen LogP contribution is 2.28. The van der Waals surface area contributed by atoms with Crippen molar-refractivity contribution in [3.8, 4) is 0 Å². The molecule has 4 aromatic rings. The van der Waals surface area contributed by atoms with Crippen molar-refractivity contribution < 1.29 is 22.0 Å². The Balaban J connectivity index is 1.37. The van der Waals surface area contributed by atoms with Crippen LogP contribution in [-0.4, -0.2) is 54.8 Å².